The van der Waals surface area contributed by atoms with Gasteiger partial charge in [0, 0.05) is 5.56 Å². The lowest BCUT2D eigenvalue weighted by Gasteiger charge is -2.24. The predicted molar refractivity (Wildman–Crippen MR) is 58.0 cm³/mol. The van der Waals surface area contributed by atoms with Gasteiger partial charge in [-0.1, -0.05) is 12.1 Å². The Morgan fingerprint density at radius 2 is 1.94 bits per heavy atom. The Morgan fingerprint density at radius 3 is 2.44 bits per heavy atom. The average molecular weight is 226 g/mol. The average Bonchev–Trinajstić information content (AvgIpc) is 2.27. The van der Waals surface area contributed by atoms with Crippen molar-refractivity contribution >= 4 is 5.97 Å². The molecule has 0 fully saturated rings. The maximum absolute atomic E-state index is 13.5. The first-order valence-electron chi connectivity index (χ1n) is 4.86. The maximum atomic E-state index is 13.5. The van der Waals surface area contributed by atoms with Gasteiger partial charge < -0.3 is 9.47 Å². The van der Waals surface area contributed by atoms with Crippen LogP contribution < -0.4 is 4.74 Å². The second-order valence-electron chi connectivity index (χ2n) is 3.94. The van der Waals surface area contributed by atoms with Crippen molar-refractivity contribution < 1.29 is 18.7 Å². The minimum Gasteiger partial charge on any atom is -0.493 e. The van der Waals surface area contributed by atoms with Crippen molar-refractivity contribution in [2.24, 2.45) is 0 Å². The van der Waals surface area contributed by atoms with Crippen molar-refractivity contribution in [1.82, 2.24) is 0 Å². The summed E-state index contributed by atoms with van der Waals surface area (Å²) in [6.45, 7) is 3.33. The molecule has 4 heteroatoms. The highest BCUT2D eigenvalue weighted by atomic mass is 19.1. The number of hydrogen-bond donors (Lipinski definition) is 0. The Hall–Kier alpha value is -1.58. The smallest absolute Gasteiger partial charge is 0.315 e. The van der Waals surface area contributed by atoms with E-state index >= 15 is 0 Å². The van der Waals surface area contributed by atoms with Crippen LogP contribution in [0.5, 0.6) is 5.75 Å². The quantitative estimate of drug-likeness (QED) is 0.742. The first-order valence-corrected chi connectivity index (χ1v) is 4.86. The topological polar surface area (TPSA) is 35.5 Å². The number of rotatable bonds is 3. The standard InChI is InChI=1S/C12H15FO3/c1-12(2,11(14)16-4)8-6-5-7-9(13)10(8)15-3/h5-7H,1-4H3. The molecule has 16 heavy (non-hydrogen) atoms. The molecule has 1 aromatic rings. The van der Waals surface area contributed by atoms with Crippen LogP contribution in [-0.2, 0) is 14.9 Å². The summed E-state index contributed by atoms with van der Waals surface area (Å²) in [7, 11) is 2.67. The van der Waals surface area contributed by atoms with Crippen LogP contribution in [0.4, 0.5) is 4.39 Å². The third-order valence-electron chi connectivity index (χ3n) is 2.54. The molecule has 0 aliphatic rings. The Balaban J connectivity index is 3.32. The highest BCUT2D eigenvalue weighted by Gasteiger charge is 2.34. The van der Waals surface area contributed by atoms with Gasteiger partial charge in [0.15, 0.2) is 11.6 Å². The van der Waals surface area contributed by atoms with Crippen molar-refractivity contribution in [2.45, 2.75) is 19.3 Å². The van der Waals surface area contributed by atoms with Crippen LogP contribution in [0.3, 0.4) is 0 Å². The Labute approximate surface area is 94.2 Å². The van der Waals surface area contributed by atoms with Crippen LogP contribution in [0.15, 0.2) is 18.2 Å². The van der Waals surface area contributed by atoms with Crippen LogP contribution in [-0.4, -0.2) is 20.2 Å². The highest BCUT2D eigenvalue weighted by molar-refractivity contribution is 5.83. The molecule has 0 amide bonds. The molecule has 3 nitrogen and oxygen atoms in total. The molecule has 1 aromatic carbocycles. The summed E-state index contributed by atoms with van der Waals surface area (Å²) in [5.41, 5.74) is -0.468. The fourth-order valence-corrected chi connectivity index (χ4v) is 1.57. The van der Waals surface area contributed by atoms with Crippen molar-refractivity contribution in [3.8, 4) is 5.75 Å². The van der Waals surface area contributed by atoms with E-state index in [1.54, 1.807) is 19.9 Å². The first-order chi connectivity index (χ1) is 7.45. The van der Waals surface area contributed by atoms with Crippen LogP contribution in [0.25, 0.3) is 0 Å². The molecule has 0 aliphatic carbocycles. The van der Waals surface area contributed by atoms with Gasteiger partial charge in [-0.25, -0.2) is 4.39 Å². The SMILES string of the molecule is COC(=O)C(C)(C)c1cccc(F)c1OC. The van der Waals surface area contributed by atoms with Crippen molar-refractivity contribution in [3.05, 3.63) is 29.6 Å². The van der Waals surface area contributed by atoms with Gasteiger partial charge in [-0.05, 0) is 19.9 Å². The number of benzene rings is 1. The summed E-state index contributed by atoms with van der Waals surface area (Å²) in [4.78, 5) is 11.6. The van der Waals surface area contributed by atoms with E-state index in [0.717, 1.165) is 0 Å². The summed E-state index contributed by atoms with van der Waals surface area (Å²) < 4.78 is 23.1. The third-order valence-corrected chi connectivity index (χ3v) is 2.54. The molecule has 0 aliphatic heterocycles. The zero-order valence-electron chi connectivity index (χ0n) is 9.83. The van der Waals surface area contributed by atoms with Crippen LogP contribution in [0, 0.1) is 5.82 Å². The largest absolute Gasteiger partial charge is 0.493 e. The number of halogens is 1. The number of ether oxygens (including phenoxy) is 2. The van der Waals surface area contributed by atoms with Gasteiger partial charge in [-0.3, -0.25) is 4.79 Å². The van der Waals surface area contributed by atoms with E-state index in [1.807, 2.05) is 0 Å². The zero-order chi connectivity index (χ0) is 12.3. The number of carbonyl (C=O) groups excluding carboxylic acids is 1. The minimum absolute atomic E-state index is 0.0814. The van der Waals surface area contributed by atoms with Gasteiger partial charge in [0.1, 0.15) is 0 Å². The summed E-state index contributed by atoms with van der Waals surface area (Å²) >= 11 is 0. The van der Waals surface area contributed by atoms with Gasteiger partial charge in [0.2, 0.25) is 0 Å². The summed E-state index contributed by atoms with van der Waals surface area (Å²) in [6, 6.07) is 4.48. The van der Waals surface area contributed by atoms with E-state index in [1.165, 1.54) is 26.4 Å². The lowest BCUT2D eigenvalue weighted by molar-refractivity contribution is -0.146. The zero-order valence-corrected chi connectivity index (χ0v) is 9.83. The number of methoxy groups -OCH3 is 2. The molecule has 0 heterocycles. The first kappa shape index (κ1) is 12.5. The Kier molecular flexibility index (Phi) is 3.52. The molecule has 0 aromatic heterocycles. The molecule has 0 bridgehead atoms. The second kappa shape index (κ2) is 4.51. The number of esters is 1. The molecule has 0 saturated heterocycles. The molecule has 0 saturated carbocycles. The maximum Gasteiger partial charge on any atom is 0.315 e. The minimum atomic E-state index is -0.942. The van der Waals surface area contributed by atoms with Crippen molar-refractivity contribution in [1.29, 1.82) is 0 Å². The lowest BCUT2D eigenvalue weighted by Crippen LogP contribution is -2.30. The van der Waals surface area contributed by atoms with Crippen LogP contribution >= 0.6 is 0 Å². The fourth-order valence-electron chi connectivity index (χ4n) is 1.57. The van der Waals surface area contributed by atoms with E-state index in [4.69, 9.17) is 9.47 Å². The number of carbonyl (C=O) groups is 1. The van der Waals surface area contributed by atoms with Gasteiger partial charge in [0.05, 0.1) is 19.6 Å². The van der Waals surface area contributed by atoms with Crippen molar-refractivity contribution in [2.75, 3.05) is 14.2 Å². The Morgan fingerprint density at radius 1 is 1.31 bits per heavy atom. The summed E-state index contributed by atoms with van der Waals surface area (Å²) in [5, 5.41) is 0. The summed E-state index contributed by atoms with van der Waals surface area (Å²) in [6.07, 6.45) is 0. The highest BCUT2D eigenvalue weighted by Crippen LogP contribution is 2.34. The van der Waals surface area contributed by atoms with Crippen LogP contribution in [0.1, 0.15) is 19.4 Å². The lowest BCUT2D eigenvalue weighted by atomic mass is 9.84. The molecular formula is C12H15FO3. The molecule has 0 unspecified atom stereocenters. The fraction of sp³-hybridized carbons (Fsp3) is 0.417. The van der Waals surface area contributed by atoms with E-state index in [0.29, 0.717) is 5.56 Å². The predicted octanol–water partition coefficient (Wildman–Crippen LogP) is 2.28. The summed E-state index contributed by atoms with van der Waals surface area (Å²) in [5.74, 6) is -0.841. The second-order valence-corrected chi connectivity index (χ2v) is 3.94. The number of hydrogen-bond acceptors (Lipinski definition) is 3. The molecule has 0 radical (unpaired) electrons. The van der Waals surface area contributed by atoms with Crippen LogP contribution in [0.2, 0.25) is 0 Å². The van der Waals surface area contributed by atoms with Gasteiger partial charge in [0.25, 0.3) is 0 Å². The Bertz CT molecular complexity index is 399. The molecule has 1 rings (SSSR count). The monoisotopic (exact) mass is 226 g/mol. The molecule has 0 N–H and O–H groups in total. The van der Waals surface area contributed by atoms with Crippen molar-refractivity contribution in [3.63, 3.8) is 0 Å². The number of para-hydroxylation sites is 1. The van der Waals surface area contributed by atoms with E-state index in [2.05, 4.69) is 0 Å². The van der Waals surface area contributed by atoms with E-state index < -0.39 is 17.2 Å². The molecule has 0 spiro atoms. The molecular weight excluding hydrogens is 211 g/mol. The van der Waals surface area contributed by atoms with Gasteiger partial charge in [-0.15, -0.1) is 0 Å². The van der Waals surface area contributed by atoms with Gasteiger partial charge >= 0.3 is 5.97 Å². The van der Waals surface area contributed by atoms with E-state index in [9.17, 15) is 9.18 Å². The third kappa shape index (κ3) is 2.01. The molecule has 88 valence electrons. The molecule has 0 atom stereocenters. The normalized spacial score (nSPS) is 11.1. The van der Waals surface area contributed by atoms with Gasteiger partial charge in [-0.2, -0.15) is 0 Å². The van der Waals surface area contributed by atoms with E-state index in [-0.39, 0.29) is 5.75 Å².